The van der Waals surface area contributed by atoms with Gasteiger partial charge in [-0.1, -0.05) is 18.6 Å². The largest absolute Gasteiger partial charge is 0.324 e. The van der Waals surface area contributed by atoms with Crippen LogP contribution in [0.5, 0.6) is 0 Å². The van der Waals surface area contributed by atoms with Gasteiger partial charge in [-0.3, -0.25) is 9.80 Å². The number of nitrogens with zero attached hydrogens (tertiary/aromatic N) is 6. The van der Waals surface area contributed by atoms with E-state index in [9.17, 15) is 4.39 Å². The van der Waals surface area contributed by atoms with Gasteiger partial charge in [0.05, 0.1) is 18.1 Å². The van der Waals surface area contributed by atoms with E-state index in [2.05, 4.69) is 42.2 Å². The van der Waals surface area contributed by atoms with Gasteiger partial charge in [0.2, 0.25) is 5.95 Å². The van der Waals surface area contributed by atoms with Gasteiger partial charge in [0.25, 0.3) is 0 Å². The van der Waals surface area contributed by atoms with Crippen molar-refractivity contribution in [2.45, 2.75) is 65.1 Å². The zero-order chi connectivity index (χ0) is 24.4. The highest BCUT2D eigenvalue weighted by Gasteiger charge is 2.26. The van der Waals surface area contributed by atoms with E-state index in [1.165, 1.54) is 50.5 Å². The fourth-order valence-corrected chi connectivity index (χ4v) is 5.23. The number of anilines is 2. The highest BCUT2D eigenvalue weighted by atomic mass is 19.1. The molecular formula is C27H36FN7. The number of hydrogen-bond donors (Lipinski definition) is 1. The van der Waals surface area contributed by atoms with E-state index >= 15 is 0 Å². The molecular weight excluding hydrogens is 441 g/mol. The summed E-state index contributed by atoms with van der Waals surface area (Å²) in [6.07, 6.45) is 8.31. The Morgan fingerprint density at radius 3 is 2.51 bits per heavy atom. The van der Waals surface area contributed by atoms with Gasteiger partial charge in [0, 0.05) is 37.4 Å². The van der Waals surface area contributed by atoms with Gasteiger partial charge in [-0.2, -0.15) is 0 Å². The van der Waals surface area contributed by atoms with E-state index in [1.54, 1.807) is 6.20 Å². The van der Waals surface area contributed by atoms with Crippen LogP contribution < -0.4 is 5.32 Å². The quantitative estimate of drug-likeness (QED) is 0.506. The van der Waals surface area contributed by atoms with Gasteiger partial charge < -0.3 is 9.88 Å². The third kappa shape index (κ3) is 5.38. The van der Waals surface area contributed by atoms with Crippen molar-refractivity contribution in [3.8, 4) is 11.4 Å². The number of aryl methyl sites for hydroxylation is 1. The first-order valence-electron chi connectivity index (χ1n) is 12.9. The van der Waals surface area contributed by atoms with E-state index in [1.807, 2.05) is 37.5 Å². The average Bonchev–Trinajstić information content (AvgIpc) is 3.05. The van der Waals surface area contributed by atoms with Crippen LogP contribution >= 0.6 is 0 Å². The van der Waals surface area contributed by atoms with Crippen LogP contribution in [0.3, 0.4) is 0 Å². The minimum atomic E-state index is -0.457. The second-order valence-electron chi connectivity index (χ2n) is 10.1. The van der Waals surface area contributed by atoms with E-state index in [-0.39, 0.29) is 11.7 Å². The minimum Gasteiger partial charge on any atom is -0.324 e. The highest BCUT2D eigenvalue weighted by molar-refractivity contribution is 5.60. The van der Waals surface area contributed by atoms with Gasteiger partial charge >= 0.3 is 0 Å². The summed E-state index contributed by atoms with van der Waals surface area (Å²) < 4.78 is 16.6. The topological polar surface area (TPSA) is 62.1 Å². The van der Waals surface area contributed by atoms with Crippen molar-refractivity contribution in [1.82, 2.24) is 29.3 Å². The molecule has 1 aliphatic carbocycles. The lowest BCUT2D eigenvalue weighted by atomic mass is 9.91. The van der Waals surface area contributed by atoms with Crippen molar-refractivity contribution < 1.29 is 4.39 Å². The zero-order valence-electron chi connectivity index (χ0n) is 21.0. The molecule has 2 aromatic heterocycles. The van der Waals surface area contributed by atoms with Gasteiger partial charge in [0.15, 0.2) is 5.82 Å². The molecule has 0 atom stereocenters. The molecule has 0 bridgehead atoms. The molecule has 2 fully saturated rings. The third-order valence-corrected chi connectivity index (χ3v) is 7.32. The van der Waals surface area contributed by atoms with Gasteiger partial charge in [-0.05, 0) is 70.8 Å². The molecule has 35 heavy (non-hydrogen) atoms. The average molecular weight is 478 g/mol. The van der Waals surface area contributed by atoms with Crippen LogP contribution in [0, 0.1) is 12.7 Å². The van der Waals surface area contributed by atoms with Crippen LogP contribution in [-0.4, -0.2) is 61.5 Å². The molecule has 186 valence electrons. The number of hydrogen-bond acceptors (Lipinski definition) is 6. The lowest BCUT2D eigenvalue weighted by Crippen LogP contribution is -2.42. The summed E-state index contributed by atoms with van der Waals surface area (Å²) in [5.74, 6) is 0.742. The Bertz CT molecular complexity index is 1140. The van der Waals surface area contributed by atoms with Crippen LogP contribution in [0.25, 0.3) is 11.4 Å². The summed E-state index contributed by atoms with van der Waals surface area (Å²) in [7, 11) is 0. The van der Waals surface area contributed by atoms with Crippen LogP contribution in [0.4, 0.5) is 16.0 Å². The Morgan fingerprint density at radius 2 is 1.80 bits per heavy atom. The molecule has 1 N–H and O–H groups in total. The Morgan fingerprint density at radius 1 is 1.00 bits per heavy atom. The van der Waals surface area contributed by atoms with E-state index < -0.39 is 5.82 Å². The molecule has 1 aromatic carbocycles. The van der Waals surface area contributed by atoms with Crippen molar-refractivity contribution in [2.24, 2.45) is 0 Å². The Labute approximate surface area is 207 Å². The summed E-state index contributed by atoms with van der Waals surface area (Å²) in [6.45, 7) is 11.7. The number of imidazole rings is 1. The third-order valence-electron chi connectivity index (χ3n) is 7.32. The van der Waals surface area contributed by atoms with E-state index in [4.69, 9.17) is 0 Å². The molecule has 0 unspecified atom stereocenters. The van der Waals surface area contributed by atoms with Gasteiger partial charge in [0.1, 0.15) is 11.5 Å². The van der Waals surface area contributed by atoms with Crippen molar-refractivity contribution >= 4 is 11.6 Å². The van der Waals surface area contributed by atoms with E-state index in [0.29, 0.717) is 11.6 Å². The number of rotatable bonds is 7. The van der Waals surface area contributed by atoms with Crippen molar-refractivity contribution in [3.63, 3.8) is 0 Å². The fraction of sp³-hybridized carbons (Fsp3) is 0.519. The first-order chi connectivity index (χ1) is 17.0. The summed E-state index contributed by atoms with van der Waals surface area (Å²) in [5, 5.41) is 3.23. The molecule has 0 radical (unpaired) electrons. The standard InChI is InChI=1S/C27H36FN7/c1-19(2)35-20(3)29-17-25(35)26-24(28)16-30-27(32-26)31-22-10-8-21(9-11-22)18-33-12-5-13-34(15-14-33)23-6-4-7-23/h8-11,16-17,19,23H,4-7,12-15,18H2,1-3H3,(H,30,31,32). The lowest BCUT2D eigenvalue weighted by molar-refractivity contribution is 0.130. The first kappa shape index (κ1) is 23.9. The van der Waals surface area contributed by atoms with Crippen LogP contribution in [0.15, 0.2) is 36.7 Å². The molecule has 1 saturated carbocycles. The molecule has 8 heteroatoms. The summed E-state index contributed by atoms with van der Waals surface area (Å²) in [5.41, 5.74) is 3.09. The Kier molecular flexibility index (Phi) is 7.11. The number of nitrogens with one attached hydrogen (secondary N) is 1. The number of halogens is 1. The highest BCUT2D eigenvalue weighted by Crippen LogP contribution is 2.27. The molecule has 2 aliphatic rings. The predicted octanol–water partition coefficient (Wildman–Crippen LogP) is 5.17. The maximum absolute atomic E-state index is 14.6. The summed E-state index contributed by atoms with van der Waals surface area (Å²) >= 11 is 0. The van der Waals surface area contributed by atoms with Crippen LogP contribution in [0.2, 0.25) is 0 Å². The predicted molar refractivity (Wildman–Crippen MR) is 137 cm³/mol. The maximum atomic E-state index is 14.6. The molecule has 0 amide bonds. The molecule has 7 nitrogen and oxygen atoms in total. The normalized spacial score (nSPS) is 18.0. The van der Waals surface area contributed by atoms with Crippen molar-refractivity contribution in [1.29, 1.82) is 0 Å². The smallest absolute Gasteiger partial charge is 0.227 e. The van der Waals surface area contributed by atoms with Crippen molar-refractivity contribution in [2.75, 3.05) is 31.5 Å². The molecule has 0 spiro atoms. The molecule has 5 rings (SSSR count). The summed E-state index contributed by atoms with van der Waals surface area (Å²) in [4.78, 5) is 18.3. The minimum absolute atomic E-state index is 0.149. The Balaban J connectivity index is 1.23. The Hall–Kier alpha value is -2.84. The zero-order valence-corrected chi connectivity index (χ0v) is 21.0. The van der Waals surface area contributed by atoms with E-state index in [0.717, 1.165) is 37.2 Å². The van der Waals surface area contributed by atoms with Crippen LogP contribution in [-0.2, 0) is 6.54 Å². The monoisotopic (exact) mass is 477 g/mol. The maximum Gasteiger partial charge on any atom is 0.227 e. The SMILES string of the molecule is Cc1ncc(-c2nc(Nc3ccc(CN4CCCN(C5CCC5)CC4)cc3)ncc2F)n1C(C)C. The summed E-state index contributed by atoms with van der Waals surface area (Å²) in [6, 6.07) is 9.38. The van der Waals surface area contributed by atoms with Crippen molar-refractivity contribution in [3.05, 3.63) is 53.9 Å². The number of aromatic nitrogens is 4. The number of benzene rings is 1. The molecule has 1 saturated heterocycles. The second-order valence-corrected chi connectivity index (χ2v) is 10.1. The molecule has 1 aliphatic heterocycles. The molecule has 3 aromatic rings. The molecule has 3 heterocycles. The van der Waals surface area contributed by atoms with Gasteiger partial charge in [-0.25, -0.2) is 19.3 Å². The lowest BCUT2D eigenvalue weighted by Gasteiger charge is -2.36. The van der Waals surface area contributed by atoms with Gasteiger partial charge in [-0.15, -0.1) is 0 Å². The first-order valence-corrected chi connectivity index (χ1v) is 12.9. The van der Waals surface area contributed by atoms with Crippen LogP contribution in [0.1, 0.15) is 57.0 Å². The second kappa shape index (κ2) is 10.4. The fourth-order valence-electron chi connectivity index (χ4n) is 5.23.